The van der Waals surface area contributed by atoms with Crippen molar-refractivity contribution in [1.29, 1.82) is 0 Å². The Balaban J connectivity index is 2.29. The van der Waals surface area contributed by atoms with E-state index in [2.05, 4.69) is 4.98 Å². The lowest BCUT2D eigenvalue weighted by atomic mass is 9.95. The molecule has 4 nitrogen and oxygen atoms in total. The number of aromatic carboxylic acids is 1. The molecule has 0 saturated carbocycles. The van der Waals surface area contributed by atoms with Gasteiger partial charge < -0.3 is 5.11 Å². The van der Waals surface area contributed by atoms with Crippen LogP contribution in [0.2, 0.25) is 5.02 Å². The number of carbonyl (C=O) groups excluding carboxylic acids is 1. The molecule has 0 unspecified atom stereocenters. The minimum atomic E-state index is -1.11. The molecule has 0 aliphatic rings. The summed E-state index contributed by atoms with van der Waals surface area (Å²) in [7, 11) is 0. The molecule has 0 aliphatic heterocycles. The SMILES string of the molecule is Cc1ccccc1-c1ccc(C(=O)O)nc1-c1ccc(Cl)c(C=O)c1. The van der Waals surface area contributed by atoms with E-state index in [1.54, 1.807) is 24.3 Å². The summed E-state index contributed by atoms with van der Waals surface area (Å²) in [5.74, 6) is -1.11. The molecule has 124 valence electrons. The molecule has 0 radical (unpaired) electrons. The summed E-state index contributed by atoms with van der Waals surface area (Å²) in [4.78, 5) is 26.8. The summed E-state index contributed by atoms with van der Waals surface area (Å²) in [6, 6.07) is 15.9. The van der Waals surface area contributed by atoms with Crippen molar-refractivity contribution in [3.05, 3.63) is 76.4 Å². The van der Waals surface area contributed by atoms with Gasteiger partial charge in [0.05, 0.1) is 10.7 Å². The Hall–Kier alpha value is -2.98. The third-order valence-corrected chi connectivity index (χ3v) is 4.29. The Morgan fingerprint density at radius 2 is 1.84 bits per heavy atom. The van der Waals surface area contributed by atoms with Gasteiger partial charge in [-0.25, -0.2) is 9.78 Å². The highest BCUT2D eigenvalue weighted by Crippen LogP contribution is 2.34. The van der Waals surface area contributed by atoms with Crippen LogP contribution in [0.1, 0.15) is 26.4 Å². The van der Waals surface area contributed by atoms with Gasteiger partial charge in [-0.15, -0.1) is 0 Å². The Morgan fingerprint density at radius 3 is 2.52 bits per heavy atom. The third kappa shape index (κ3) is 3.30. The van der Waals surface area contributed by atoms with E-state index in [1.807, 2.05) is 31.2 Å². The summed E-state index contributed by atoms with van der Waals surface area (Å²) in [5.41, 5.74) is 4.18. The second-order valence-electron chi connectivity index (χ2n) is 5.57. The number of aromatic nitrogens is 1. The molecule has 3 rings (SSSR count). The molecule has 25 heavy (non-hydrogen) atoms. The minimum Gasteiger partial charge on any atom is -0.477 e. The fourth-order valence-electron chi connectivity index (χ4n) is 2.67. The number of benzene rings is 2. The van der Waals surface area contributed by atoms with Crippen LogP contribution in [-0.2, 0) is 0 Å². The molecule has 5 heteroatoms. The van der Waals surface area contributed by atoms with E-state index in [0.29, 0.717) is 28.1 Å². The number of pyridine rings is 1. The lowest BCUT2D eigenvalue weighted by Crippen LogP contribution is -2.03. The predicted molar refractivity (Wildman–Crippen MR) is 97.2 cm³/mol. The van der Waals surface area contributed by atoms with E-state index in [-0.39, 0.29) is 5.69 Å². The molecule has 1 heterocycles. The van der Waals surface area contributed by atoms with Gasteiger partial charge in [0, 0.05) is 16.7 Å². The fourth-order valence-corrected chi connectivity index (χ4v) is 2.83. The standard InChI is InChI=1S/C20H14ClNO3/c1-12-4-2-3-5-15(12)16-7-9-18(20(24)25)22-19(16)13-6-8-17(21)14(10-13)11-23/h2-11H,1H3,(H,24,25). The molecule has 0 aliphatic carbocycles. The summed E-state index contributed by atoms with van der Waals surface area (Å²) < 4.78 is 0. The molecule has 0 saturated heterocycles. The molecular weight excluding hydrogens is 338 g/mol. The van der Waals surface area contributed by atoms with Crippen LogP contribution in [-0.4, -0.2) is 22.3 Å². The Morgan fingerprint density at radius 1 is 1.08 bits per heavy atom. The Bertz CT molecular complexity index is 982. The van der Waals surface area contributed by atoms with Crippen LogP contribution in [0, 0.1) is 6.92 Å². The first kappa shape index (κ1) is 16.9. The number of halogens is 1. The molecule has 1 aromatic heterocycles. The number of rotatable bonds is 4. The van der Waals surface area contributed by atoms with E-state index in [4.69, 9.17) is 11.6 Å². The number of hydrogen-bond acceptors (Lipinski definition) is 3. The summed E-state index contributed by atoms with van der Waals surface area (Å²) in [5, 5.41) is 9.62. The molecular formula is C20H14ClNO3. The first-order chi connectivity index (χ1) is 12.0. The number of nitrogens with zero attached hydrogens (tertiary/aromatic N) is 1. The van der Waals surface area contributed by atoms with Gasteiger partial charge in [0.2, 0.25) is 0 Å². The van der Waals surface area contributed by atoms with E-state index in [1.165, 1.54) is 6.07 Å². The van der Waals surface area contributed by atoms with Crippen molar-refractivity contribution in [1.82, 2.24) is 4.98 Å². The zero-order valence-electron chi connectivity index (χ0n) is 13.4. The number of aryl methyl sites for hydroxylation is 1. The van der Waals surface area contributed by atoms with Crippen LogP contribution in [0.25, 0.3) is 22.4 Å². The molecule has 0 bridgehead atoms. The van der Waals surface area contributed by atoms with Crippen LogP contribution in [0.15, 0.2) is 54.6 Å². The summed E-state index contributed by atoms with van der Waals surface area (Å²) in [6.45, 7) is 1.98. The van der Waals surface area contributed by atoms with Crippen LogP contribution >= 0.6 is 11.6 Å². The molecule has 0 spiro atoms. The van der Waals surface area contributed by atoms with Crippen LogP contribution in [0.5, 0.6) is 0 Å². The van der Waals surface area contributed by atoms with Gasteiger partial charge in [-0.3, -0.25) is 4.79 Å². The van der Waals surface area contributed by atoms with E-state index < -0.39 is 5.97 Å². The van der Waals surface area contributed by atoms with Gasteiger partial charge in [0.1, 0.15) is 5.69 Å². The van der Waals surface area contributed by atoms with Crippen LogP contribution in [0.3, 0.4) is 0 Å². The van der Waals surface area contributed by atoms with Gasteiger partial charge >= 0.3 is 5.97 Å². The van der Waals surface area contributed by atoms with Crippen molar-refractivity contribution in [2.75, 3.05) is 0 Å². The number of aldehydes is 1. The van der Waals surface area contributed by atoms with E-state index >= 15 is 0 Å². The maximum atomic E-state index is 11.3. The highest BCUT2D eigenvalue weighted by molar-refractivity contribution is 6.33. The van der Waals surface area contributed by atoms with Gasteiger partial charge in [-0.1, -0.05) is 41.9 Å². The lowest BCUT2D eigenvalue weighted by Gasteiger charge is -2.13. The van der Waals surface area contributed by atoms with Crippen LogP contribution in [0.4, 0.5) is 0 Å². The minimum absolute atomic E-state index is 0.0602. The van der Waals surface area contributed by atoms with Gasteiger partial charge in [-0.05, 0) is 42.3 Å². The fraction of sp³-hybridized carbons (Fsp3) is 0.0500. The lowest BCUT2D eigenvalue weighted by molar-refractivity contribution is 0.0690. The first-order valence-corrected chi connectivity index (χ1v) is 7.94. The average molecular weight is 352 g/mol. The first-order valence-electron chi connectivity index (χ1n) is 7.56. The van der Waals surface area contributed by atoms with Crippen molar-refractivity contribution < 1.29 is 14.7 Å². The number of hydrogen-bond donors (Lipinski definition) is 1. The van der Waals surface area contributed by atoms with Crippen molar-refractivity contribution >= 4 is 23.9 Å². The molecule has 0 amide bonds. The topological polar surface area (TPSA) is 67.3 Å². The normalized spacial score (nSPS) is 10.5. The van der Waals surface area contributed by atoms with Crippen LogP contribution < -0.4 is 0 Å². The number of carbonyl (C=O) groups is 2. The predicted octanol–water partition coefficient (Wildman–Crippen LogP) is 4.89. The highest BCUT2D eigenvalue weighted by Gasteiger charge is 2.15. The van der Waals surface area contributed by atoms with Gasteiger partial charge in [-0.2, -0.15) is 0 Å². The van der Waals surface area contributed by atoms with Crippen molar-refractivity contribution in [3.63, 3.8) is 0 Å². The zero-order valence-corrected chi connectivity index (χ0v) is 14.1. The monoisotopic (exact) mass is 351 g/mol. The Kier molecular flexibility index (Phi) is 4.63. The largest absolute Gasteiger partial charge is 0.477 e. The van der Waals surface area contributed by atoms with Gasteiger partial charge in [0.25, 0.3) is 0 Å². The van der Waals surface area contributed by atoms with Crippen molar-refractivity contribution in [2.45, 2.75) is 6.92 Å². The molecule has 0 atom stereocenters. The van der Waals surface area contributed by atoms with Crippen molar-refractivity contribution in [3.8, 4) is 22.4 Å². The van der Waals surface area contributed by atoms with Gasteiger partial charge in [0.15, 0.2) is 6.29 Å². The second kappa shape index (κ2) is 6.87. The highest BCUT2D eigenvalue weighted by atomic mass is 35.5. The Labute approximate surface area is 149 Å². The second-order valence-corrected chi connectivity index (χ2v) is 5.97. The van der Waals surface area contributed by atoms with E-state index in [0.717, 1.165) is 16.7 Å². The quantitative estimate of drug-likeness (QED) is 0.680. The summed E-state index contributed by atoms with van der Waals surface area (Å²) in [6.07, 6.45) is 0.667. The summed E-state index contributed by atoms with van der Waals surface area (Å²) >= 11 is 6.00. The molecule has 1 N–H and O–H groups in total. The number of carboxylic acid groups (broad SMARTS) is 1. The zero-order chi connectivity index (χ0) is 18.0. The molecule has 0 fully saturated rings. The molecule has 3 aromatic rings. The smallest absolute Gasteiger partial charge is 0.354 e. The van der Waals surface area contributed by atoms with E-state index in [9.17, 15) is 14.7 Å². The molecule has 2 aromatic carbocycles. The maximum absolute atomic E-state index is 11.3. The van der Waals surface area contributed by atoms with Crippen molar-refractivity contribution in [2.24, 2.45) is 0 Å². The average Bonchev–Trinajstić information content (AvgIpc) is 2.62. The number of carboxylic acids is 1. The third-order valence-electron chi connectivity index (χ3n) is 3.95. The maximum Gasteiger partial charge on any atom is 0.354 e.